The molecule has 0 aliphatic carbocycles. The molecule has 0 N–H and O–H groups in total. The molecular formula is C8H5NO+2. The van der Waals surface area contributed by atoms with Crippen molar-refractivity contribution in [1.82, 2.24) is 0 Å². The number of allylic oxidation sites excluding steroid dienone is 1. The molecule has 0 unspecified atom stereocenters. The van der Waals surface area contributed by atoms with Crippen molar-refractivity contribution in [2.24, 2.45) is 0 Å². The Morgan fingerprint density at radius 3 is 3.10 bits per heavy atom. The lowest BCUT2D eigenvalue weighted by atomic mass is 10.4. The standard InChI is InChI=1S/C8H5NO/c10-8-5-4-7-3-1-2-6-9(7)8/h1-3,5-6H/q+2. The van der Waals surface area contributed by atoms with Gasteiger partial charge in [0.15, 0.2) is 6.20 Å². The smallest absolute Gasteiger partial charge is 0.133 e. The third-order valence-electron chi connectivity index (χ3n) is 1.44. The van der Waals surface area contributed by atoms with E-state index in [2.05, 4.69) is 6.08 Å². The summed E-state index contributed by atoms with van der Waals surface area (Å²) >= 11 is 0. The van der Waals surface area contributed by atoms with Gasteiger partial charge in [-0.25, -0.2) is 0 Å². The monoisotopic (exact) mass is 131 g/mol. The molecule has 0 radical (unpaired) electrons. The first-order valence-corrected chi connectivity index (χ1v) is 3.03. The first-order chi connectivity index (χ1) is 4.88. The van der Waals surface area contributed by atoms with Crippen LogP contribution >= 0.6 is 0 Å². The molecule has 0 aromatic carbocycles. The van der Waals surface area contributed by atoms with Gasteiger partial charge >= 0.3 is 11.6 Å². The largest absolute Gasteiger partial charge is 0.522 e. The van der Waals surface area contributed by atoms with E-state index in [9.17, 15) is 4.79 Å². The van der Waals surface area contributed by atoms with Gasteiger partial charge in [-0.1, -0.05) is 0 Å². The van der Waals surface area contributed by atoms with Crippen molar-refractivity contribution < 1.29 is 9.36 Å². The maximum atomic E-state index is 10.9. The van der Waals surface area contributed by atoms with Gasteiger partial charge in [0, 0.05) is 12.1 Å². The summed E-state index contributed by atoms with van der Waals surface area (Å²) < 4.78 is 1.56. The second-order valence-corrected chi connectivity index (χ2v) is 2.08. The summed E-state index contributed by atoms with van der Waals surface area (Å²) in [6.07, 6.45) is 6.01. The van der Waals surface area contributed by atoms with Crippen molar-refractivity contribution in [2.45, 2.75) is 0 Å². The van der Waals surface area contributed by atoms with Gasteiger partial charge in [-0.05, 0) is 4.57 Å². The normalized spacial score (nSPS) is 13.0. The Labute approximate surface area is 58.4 Å². The average Bonchev–Trinajstić information content (AvgIpc) is 2.34. The molecule has 0 spiro atoms. The zero-order valence-electron chi connectivity index (χ0n) is 5.24. The summed E-state index contributed by atoms with van der Waals surface area (Å²) in [6, 6.07) is 5.55. The van der Waals surface area contributed by atoms with Crippen LogP contribution in [0.2, 0.25) is 0 Å². The van der Waals surface area contributed by atoms with Gasteiger partial charge in [0.05, 0.1) is 0 Å². The van der Waals surface area contributed by atoms with E-state index in [1.165, 1.54) is 6.08 Å². The van der Waals surface area contributed by atoms with E-state index >= 15 is 0 Å². The lowest BCUT2D eigenvalue weighted by Crippen LogP contribution is -2.40. The SMILES string of the molecule is O=C1C=[C+]c2cccc[n+]21. The Bertz CT molecular complexity index is 315. The maximum absolute atomic E-state index is 10.9. The molecule has 1 aromatic heterocycles. The van der Waals surface area contributed by atoms with Gasteiger partial charge in [0.2, 0.25) is 6.08 Å². The fourth-order valence-corrected chi connectivity index (χ4v) is 0.958. The van der Waals surface area contributed by atoms with Crippen molar-refractivity contribution >= 4 is 5.91 Å². The van der Waals surface area contributed by atoms with Gasteiger partial charge in [0.25, 0.3) is 0 Å². The number of pyridine rings is 1. The van der Waals surface area contributed by atoms with Crippen molar-refractivity contribution in [3.8, 4) is 0 Å². The van der Waals surface area contributed by atoms with Crippen LogP contribution in [0.15, 0.2) is 30.5 Å². The van der Waals surface area contributed by atoms with Gasteiger partial charge < -0.3 is 0 Å². The van der Waals surface area contributed by atoms with Crippen molar-refractivity contribution in [2.75, 3.05) is 0 Å². The van der Waals surface area contributed by atoms with Crippen molar-refractivity contribution in [1.29, 1.82) is 0 Å². The highest BCUT2D eigenvalue weighted by atomic mass is 16.2. The van der Waals surface area contributed by atoms with Crippen LogP contribution in [0.4, 0.5) is 0 Å². The summed E-state index contributed by atoms with van der Waals surface area (Å²) in [4.78, 5) is 10.9. The highest BCUT2D eigenvalue weighted by Gasteiger charge is 2.31. The van der Waals surface area contributed by atoms with Crippen LogP contribution in [0.25, 0.3) is 0 Å². The zero-order chi connectivity index (χ0) is 6.97. The van der Waals surface area contributed by atoms with Crippen molar-refractivity contribution in [3.05, 3.63) is 42.2 Å². The molecule has 1 aliphatic rings. The highest BCUT2D eigenvalue weighted by Crippen LogP contribution is 1.97. The van der Waals surface area contributed by atoms with E-state index in [0.717, 1.165) is 5.69 Å². The second kappa shape index (κ2) is 1.72. The molecule has 1 aliphatic heterocycles. The van der Waals surface area contributed by atoms with Crippen LogP contribution in [0.1, 0.15) is 10.5 Å². The first-order valence-electron chi connectivity index (χ1n) is 3.03. The molecule has 0 fully saturated rings. The van der Waals surface area contributed by atoms with E-state index < -0.39 is 0 Å². The summed E-state index contributed by atoms with van der Waals surface area (Å²) in [7, 11) is 0. The van der Waals surface area contributed by atoms with Crippen LogP contribution in [0.5, 0.6) is 0 Å². The summed E-state index contributed by atoms with van der Waals surface area (Å²) in [6.45, 7) is 0. The summed E-state index contributed by atoms with van der Waals surface area (Å²) in [5, 5.41) is 0. The molecule has 0 bridgehead atoms. The Balaban J connectivity index is 2.70. The number of carbonyl (C=O) groups excluding carboxylic acids is 1. The Hall–Kier alpha value is -1.53. The molecule has 2 nitrogen and oxygen atoms in total. The van der Waals surface area contributed by atoms with E-state index in [4.69, 9.17) is 0 Å². The predicted molar refractivity (Wildman–Crippen MR) is 34.2 cm³/mol. The minimum Gasteiger partial charge on any atom is -0.133 e. The van der Waals surface area contributed by atoms with Crippen LogP contribution in [-0.2, 0) is 0 Å². The van der Waals surface area contributed by atoms with Crippen LogP contribution in [0, 0.1) is 6.08 Å². The molecule has 46 valence electrons. The molecule has 10 heavy (non-hydrogen) atoms. The molecular weight excluding hydrogens is 126 g/mol. The molecule has 2 heterocycles. The molecule has 2 heteroatoms. The fraction of sp³-hybridized carbons (Fsp3) is 0. The zero-order valence-corrected chi connectivity index (χ0v) is 5.24. The van der Waals surface area contributed by atoms with Crippen molar-refractivity contribution in [3.63, 3.8) is 0 Å². The molecule has 0 amide bonds. The summed E-state index contributed by atoms with van der Waals surface area (Å²) in [5.41, 5.74) is 0.826. The number of carbonyl (C=O) groups is 1. The number of rotatable bonds is 0. The summed E-state index contributed by atoms with van der Waals surface area (Å²) in [5.74, 6) is -0.0180. The van der Waals surface area contributed by atoms with Gasteiger partial charge in [-0.15, -0.1) is 4.79 Å². The topological polar surface area (TPSA) is 20.9 Å². The minimum absolute atomic E-state index is 0.0180. The lowest BCUT2D eigenvalue weighted by molar-refractivity contribution is -0.570. The maximum Gasteiger partial charge on any atom is 0.522 e. The molecule has 2 rings (SSSR count). The fourth-order valence-electron chi connectivity index (χ4n) is 0.958. The Morgan fingerprint density at radius 1 is 1.40 bits per heavy atom. The second-order valence-electron chi connectivity index (χ2n) is 2.08. The first kappa shape index (κ1) is 5.27. The number of hydrogen-bond donors (Lipinski definition) is 0. The molecule has 0 atom stereocenters. The third-order valence-corrected chi connectivity index (χ3v) is 1.44. The van der Waals surface area contributed by atoms with E-state index in [0.29, 0.717) is 0 Å². The van der Waals surface area contributed by atoms with Gasteiger partial charge in [-0.3, -0.25) is 0 Å². The quantitative estimate of drug-likeness (QED) is 0.367. The van der Waals surface area contributed by atoms with E-state index in [-0.39, 0.29) is 5.91 Å². The number of hydrogen-bond acceptors (Lipinski definition) is 1. The Morgan fingerprint density at radius 2 is 2.30 bits per heavy atom. The van der Waals surface area contributed by atoms with E-state index in [1.54, 1.807) is 10.8 Å². The number of fused-ring (bicyclic) bond motifs is 1. The highest BCUT2D eigenvalue weighted by molar-refractivity contribution is 5.81. The molecule has 0 saturated carbocycles. The Kier molecular flexibility index (Phi) is 0.908. The third kappa shape index (κ3) is 0.567. The molecule has 1 aromatic rings. The predicted octanol–water partition coefficient (Wildman–Crippen LogP) is 0.335. The average molecular weight is 131 g/mol. The number of nitrogens with zero attached hydrogens (tertiary/aromatic N) is 1. The van der Waals surface area contributed by atoms with Crippen LogP contribution < -0.4 is 4.57 Å². The van der Waals surface area contributed by atoms with Crippen LogP contribution in [0.3, 0.4) is 0 Å². The van der Waals surface area contributed by atoms with Crippen LogP contribution in [-0.4, -0.2) is 5.91 Å². The lowest BCUT2D eigenvalue weighted by Gasteiger charge is -1.75. The van der Waals surface area contributed by atoms with E-state index in [1.807, 2.05) is 18.2 Å². The van der Waals surface area contributed by atoms with Gasteiger partial charge in [-0.2, -0.15) is 0 Å². The number of aromatic nitrogens is 1. The molecule has 0 saturated heterocycles. The minimum atomic E-state index is -0.0180. The van der Waals surface area contributed by atoms with Gasteiger partial charge in [0.1, 0.15) is 12.1 Å².